The van der Waals surface area contributed by atoms with Gasteiger partial charge in [0, 0.05) is 48.2 Å². The third-order valence-electron chi connectivity index (χ3n) is 5.92. The minimum Gasteiger partial charge on any atom is -0.378 e. The summed E-state index contributed by atoms with van der Waals surface area (Å²) in [6, 6.07) is 12.8. The van der Waals surface area contributed by atoms with Crippen LogP contribution in [0.15, 0.2) is 54.9 Å². The number of aromatic nitrogens is 2. The van der Waals surface area contributed by atoms with Crippen molar-refractivity contribution in [1.29, 1.82) is 0 Å². The Morgan fingerprint density at radius 2 is 1.69 bits per heavy atom. The maximum atomic E-state index is 13.0. The Hall–Kier alpha value is -3.78. The molecule has 36 heavy (non-hydrogen) atoms. The highest BCUT2D eigenvalue weighted by atomic mass is 16.5. The van der Waals surface area contributed by atoms with E-state index in [9.17, 15) is 9.59 Å². The van der Waals surface area contributed by atoms with Gasteiger partial charge in [0.15, 0.2) is 0 Å². The second-order valence-corrected chi connectivity index (χ2v) is 10.1. The summed E-state index contributed by atoms with van der Waals surface area (Å²) in [6.07, 6.45) is 3.30. The number of rotatable bonds is 6. The lowest BCUT2D eigenvalue weighted by Gasteiger charge is -2.27. The Kier molecular flexibility index (Phi) is 7.64. The van der Waals surface area contributed by atoms with Crippen LogP contribution in [0.2, 0.25) is 0 Å². The van der Waals surface area contributed by atoms with Gasteiger partial charge < -0.3 is 20.3 Å². The zero-order valence-corrected chi connectivity index (χ0v) is 21.3. The molecule has 0 atom stereocenters. The van der Waals surface area contributed by atoms with Crippen LogP contribution in [0.5, 0.6) is 0 Å². The summed E-state index contributed by atoms with van der Waals surface area (Å²) in [7, 11) is 0. The number of hydrogen-bond donors (Lipinski definition) is 2. The van der Waals surface area contributed by atoms with E-state index >= 15 is 0 Å². The van der Waals surface area contributed by atoms with Crippen molar-refractivity contribution < 1.29 is 14.3 Å². The van der Waals surface area contributed by atoms with Crippen LogP contribution in [-0.4, -0.2) is 54.6 Å². The lowest BCUT2D eigenvalue weighted by Crippen LogP contribution is -2.36. The molecule has 2 amide bonds. The molecule has 3 heterocycles. The number of aryl methyl sites for hydroxylation is 1. The molecule has 0 spiro atoms. The van der Waals surface area contributed by atoms with Crippen LogP contribution in [0.4, 0.5) is 11.5 Å². The van der Waals surface area contributed by atoms with Crippen LogP contribution < -0.4 is 15.5 Å². The zero-order chi connectivity index (χ0) is 25.7. The van der Waals surface area contributed by atoms with Crippen LogP contribution in [-0.2, 0) is 4.74 Å². The Morgan fingerprint density at radius 1 is 0.972 bits per heavy atom. The Morgan fingerprint density at radius 3 is 2.39 bits per heavy atom. The fourth-order valence-electron chi connectivity index (χ4n) is 3.87. The van der Waals surface area contributed by atoms with Gasteiger partial charge in [-0.2, -0.15) is 0 Å². The van der Waals surface area contributed by atoms with E-state index < -0.39 is 0 Å². The molecule has 1 saturated heterocycles. The monoisotopic (exact) mass is 487 g/mol. The highest BCUT2D eigenvalue weighted by Gasteiger charge is 2.16. The summed E-state index contributed by atoms with van der Waals surface area (Å²) < 4.78 is 5.40. The van der Waals surface area contributed by atoms with E-state index in [1.54, 1.807) is 24.5 Å². The number of anilines is 2. The van der Waals surface area contributed by atoms with Gasteiger partial charge in [-0.3, -0.25) is 14.6 Å². The quantitative estimate of drug-likeness (QED) is 0.538. The predicted octanol–water partition coefficient (Wildman–Crippen LogP) is 4.32. The molecule has 0 bridgehead atoms. The number of hydrogen-bond acceptors (Lipinski definition) is 6. The molecule has 1 aliphatic heterocycles. The maximum absolute atomic E-state index is 13.0. The van der Waals surface area contributed by atoms with E-state index in [1.807, 2.05) is 37.3 Å². The number of morpholine rings is 1. The van der Waals surface area contributed by atoms with Gasteiger partial charge in [-0.1, -0.05) is 32.9 Å². The molecule has 4 rings (SSSR count). The highest BCUT2D eigenvalue weighted by molar-refractivity contribution is 6.05. The van der Waals surface area contributed by atoms with Crippen molar-refractivity contribution in [2.45, 2.75) is 27.7 Å². The fourth-order valence-corrected chi connectivity index (χ4v) is 3.87. The first-order valence-electron chi connectivity index (χ1n) is 12.1. The van der Waals surface area contributed by atoms with Crippen LogP contribution in [0.1, 0.15) is 47.2 Å². The number of nitrogens with one attached hydrogen (secondary N) is 2. The molecular weight excluding hydrogens is 454 g/mol. The second kappa shape index (κ2) is 10.9. The lowest BCUT2D eigenvalue weighted by molar-refractivity contribution is 0.0938. The molecule has 188 valence electrons. The van der Waals surface area contributed by atoms with E-state index in [-0.39, 0.29) is 17.2 Å². The van der Waals surface area contributed by atoms with Crippen LogP contribution in [0, 0.1) is 12.3 Å². The Labute approximate surface area is 212 Å². The van der Waals surface area contributed by atoms with Crippen molar-refractivity contribution in [3.8, 4) is 11.1 Å². The zero-order valence-electron chi connectivity index (χ0n) is 21.3. The normalized spacial score (nSPS) is 13.8. The summed E-state index contributed by atoms with van der Waals surface area (Å²) in [5.74, 6) is 0.441. The number of pyridine rings is 2. The molecule has 1 aliphatic rings. The number of ether oxygens (including phenoxy) is 1. The Balaban J connectivity index is 1.47. The molecular formula is C28H33N5O3. The molecule has 1 fully saturated rings. The number of benzene rings is 1. The van der Waals surface area contributed by atoms with E-state index in [1.165, 1.54) is 0 Å². The van der Waals surface area contributed by atoms with E-state index in [2.05, 4.69) is 46.3 Å². The van der Waals surface area contributed by atoms with Crippen molar-refractivity contribution in [3.05, 3.63) is 71.7 Å². The van der Waals surface area contributed by atoms with Crippen molar-refractivity contribution in [2.24, 2.45) is 5.41 Å². The van der Waals surface area contributed by atoms with E-state index in [0.29, 0.717) is 36.6 Å². The number of carbonyl (C=O) groups is 2. The van der Waals surface area contributed by atoms with E-state index in [4.69, 9.17) is 4.74 Å². The van der Waals surface area contributed by atoms with Gasteiger partial charge in [0.1, 0.15) is 5.82 Å². The number of nitrogens with zero attached hydrogens (tertiary/aromatic N) is 3. The molecule has 8 heteroatoms. The third-order valence-corrected chi connectivity index (χ3v) is 5.92. The van der Waals surface area contributed by atoms with Crippen LogP contribution >= 0.6 is 0 Å². The highest BCUT2D eigenvalue weighted by Crippen LogP contribution is 2.26. The summed E-state index contributed by atoms with van der Waals surface area (Å²) in [5.41, 5.74) is 4.38. The molecule has 0 saturated carbocycles. The molecule has 2 aromatic heterocycles. The Bertz CT molecular complexity index is 1230. The average molecular weight is 488 g/mol. The topological polar surface area (TPSA) is 96.5 Å². The number of carbonyl (C=O) groups excluding carboxylic acids is 2. The van der Waals surface area contributed by atoms with Crippen molar-refractivity contribution in [3.63, 3.8) is 0 Å². The van der Waals surface area contributed by atoms with Gasteiger partial charge in [-0.25, -0.2) is 4.98 Å². The van der Waals surface area contributed by atoms with Gasteiger partial charge in [-0.15, -0.1) is 0 Å². The molecule has 2 N–H and O–H groups in total. The third kappa shape index (κ3) is 6.46. The SMILES string of the molecule is Cc1ncc(NC(=O)c2ccnc(N3CCOCC3)c2)cc1-c1ccc(C(=O)NCC(C)(C)C)cc1. The van der Waals surface area contributed by atoms with Gasteiger partial charge >= 0.3 is 0 Å². The molecule has 0 aliphatic carbocycles. The van der Waals surface area contributed by atoms with Gasteiger partial charge in [-0.05, 0) is 48.2 Å². The molecule has 0 radical (unpaired) electrons. The minimum absolute atomic E-state index is 0.0175. The fraction of sp³-hybridized carbons (Fsp3) is 0.357. The molecule has 8 nitrogen and oxygen atoms in total. The summed E-state index contributed by atoms with van der Waals surface area (Å²) >= 11 is 0. The largest absolute Gasteiger partial charge is 0.378 e. The van der Waals surface area contributed by atoms with Gasteiger partial charge in [0.05, 0.1) is 25.1 Å². The first-order chi connectivity index (χ1) is 17.2. The number of amides is 2. The first kappa shape index (κ1) is 25.3. The lowest BCUT2D eigenvalue weighted by atomic mass is 9.96. The predicted molar refractivity (Wildman–Crippen MR) is 141 cm³/mol. The second-order valence-electron chi connectivity index (χ2n) is 10.1. The molecule has 0 unspecified atom stereocenters. The smallest absolute Gasteiger partial charge is 0.255 e. The summed E-state index contributed by atoms with van der Waals surface area (Å²) in [6.45, 7) is 11.6. The summed E-state index contributed by atoms with van der Waals surface area (Å²) in [4.78, 5) is 36.4. The van der Waals surface area contributed by atoms with Gasteiger partial charge in [0.2, 0.25) is 0 Å². The van der Waals surface area contributed by atoms with Crippen LogP contribution in [0.25, 0.3) is 11.1 Å². The summed E-state index contributed by atoms with van der Waals surface area (Å²) in [5, 5.41) is 5.92. The average Bonchev–Trinajstić information content (AvgIpc) is 2.88. The van der Waals surface area contributed by atoms with Gasteiger partial charge in [0.25, 0.3) is 11.8 Å². The minimum atomic E-state index is -0.227. The standard InChI is InChI=1S/C28H33N5O3/c1-19-24(20-5-7-21(8-6-20)26(34)31-18-28(2,3)4)16-23(17-30-19)32-27(35)22-9-10-29-25(15-22)33-11-13-36-14-12-33/h5-10,15-17H,11-14,18H2,1-4H3,(H,31,34)(H,32,35). The maximum Gasteiger partial charge on any atom is 0.255 e. The van der Waals surface area contributed by atoms with Crippen molar-refractivity contribution in [1.82, 2.24) is 15.3 Å². The van der Waals surface area contributed by atoms with Crippen molar-refractivity contribution in [2.75, 3.05) is 43.1 Å². The van der Waals surface area contributed by atoms with Crippen molar-refractivity contribution >= 4 is 23.3 Å². The van der Waals surface area contributed by atoms with E-state index in [0.717, 1.165) is 35.7 Å². The molecule has 3 aromatic rings. The van der Waals surface area contributed by atoms with Crippen LogP contribution in [0.3, 0.4) is 0 Å². The first-order valence-corrected chi connectivity index (χ1v) is 12.1. The molecule has 1 aromatic carbocycles.